The van der Waals surface area contributed by atoms with E-state index < -0.39 is 10.1 Å². The van der Waals surface area contributed by atoms with E-state index in [1.807, 2.05) is 24.3 Å². The lowest BCUT2D eigenvalue weighted by Gasteiger charge is -2.07. The second kappa shape index (κ2) is 4.38. The molecule has 3 rings (SSSR count). The van der Waals surface area contributed by atoms with Crippen molar-refractivity contribution in [1.82, 2.24) is 0 Å². The van der Waals surface area contributed by atoms with Crippen LogP contribution in [0.25, 0.3) is 11.1 Å². The van der Waals surface area contributed by atoms with Crippen molar-refractivity contribution >= 4 is 21.9 Å². The number of hydrogen-bond donors (Lipinski definition) is 1. The second-order valence-corrected chi connectivity index (χ2v) is 5.84. The number of carbonyl (C=O) groups excluding carboxylic acids is 1. The number of hydrogen-bond acceptors (Lipinski definition) is 4. The van der Waals surface area contributed by atoms with Gasteiger partial charge in [-0.25, -0.2) is 4.79 Å². The largest absolute Gasteiger partial charge is 0.296 e. The molecule has 0 amide bonds. The maximum Gasteiger partial charge on any atom is 0.296 e. The summed E-state index contributed by atoms with van der Waals surface area (Å²) in [7, 11) is -4.44. The van der Waals surface area contributed by atoms with Crippen LogP contribution in [-0.4, -0.2) is 19.1 Å². The standard InChI is InChI=1S/C14H9NO4S/c16-8-15-14-12-7-9-3-1-2-4-10(9)11(12)5-6-13(14)20(17,18)19/h1-6H,7H2,(H,17,18,19). The van der Waals surface area contributed by atoms with Crippen molar-refractivity contribution in [3.05, 3.63) is 47.5 Å². The van der Waals surface area contributed by atoms with E-state index in [2.05, 4.69) is 4.99 Å². The number of nitrogens with zero attached hydrogens (tertiary/aromatic N) is 1. The molecule has 0 spiro atoms. The molecule has 2 aromatic carbocycles. The summed E-state index contributed by atoms with van der Waals surface area (Å²) in [6, 6.07) is 10.5. The van der Waals surface area contributed by atoms with Gasteiger partial charge < -0.3 is 0 Å². The fourth-order valence-corrected chi connectivity index (χ4v) is 3.20. The fraction of sp³-hybridized carbons (Fsp3) is 0.0714. The molecule has 20 heavy (non-hydrogen) atoms. The highest BCUT2D eigenvalue weighted by atomic mass is 32.2. The SMILES string of the molecule is O=C=Nc1c(S(=O)(=O)O)ccc2c1Cc1ccccc1-2. The summed E-state index contributed by atoms with van der Waals surface area (Å²) >= 11 is 0. The molecule has 6 heteroatoms. The highest BCUT2D eigenvalue weighted by molar-refractivity contribution is 7.86. The van der Waals surface area contributed by atoms with E-state index in [9.17, 15) is 17.8 Å². The van der Waals surface area contributed by atoms with Crippen molar-refractivity contribution in [3.63, 3.8) is 0 Å². The predicted octanol–water partition coefficient (Wildman–Crippen LogP) is 2.47. The summed E-state index contributed by atoms with van der Waals surface area (Å²) in [4.78, 5) is 13.7. The van der Waals surface area contributed by atoms with Gasteiger partial charge in [-0.2, -0.15) is 13.4 Å². The van der Waals surface area contributed by atoms with E-state index in [0.29, 0.717) is 12.0 Å². The highest BCUT2D eigenvalue weighted by Gasteiger charge is 2.26. The van der Waals surface area contributed by atoms with Crippen LogP contribution in [0.2, 0.25) is 0 Å². The smallest absolute Gasteiger partial charge is 0.282 e. The van der Waals surface area contributed by atoms with Gasteiger partial charge in [0.2, 0.25) is 6.08 Å². The summed E-state index contributed by atoms with van der Waals surface area (Å²) < 4.78 is 32.0. The summed E-state index contributed by atoms with van der Waals surface area (Å²) in [5, 5.41) is 0. The third-order valence-corrected chi connectivity index (χ3v) is 4.24. The first kappa shape index (κ1) is 12.7. The zero-order chi connectivity index (χ0) is 14.3. The Balaban J connectivity index is 2.35. The maximum absolute atomic E-state index is 11.4. The Kier molecular flexibility index (Phi) is 2.79. The summed E-state index contributed by atoms with van der Waals surface area (Å²) in [6.45, 7) is 0. The summed E-state index contributed by atoms with van der Waals surface area (Å²) in [5.41, 5.74) is 3.41. The average Bonchev–Trinajstić information content (AvgIpc) is 2.77. The molecule has 0 saturated carbocycles. The molecule has 0 radical (unpaired) electrons. The molecule has 0 bridgehead atoms. The van der Waals surface area contributed by atoms with Crippen LogP contribution < -0.4 is 0 Å². The summed E-state index contributed by atoms with van der Waals surface area (Å²) in [5.74, 6) is 0. The molecule has 0 aliphatic heterocycles. The van der Waals surface area contributed by atoms with Gasteiger partial charge in [-0.1, -0.05) is 30.3 Å². The van der Waals surface area contributed by atoms with Crippen LogP contribution in [0.5, 0.6) is 0 Å². The van der Waals surface area contributed by atoms with Crippen LogP contribution in [0, 0.1) is 0 Å². The van der Waals surface area contributed by atoms with Crippen molar-refractivity contribution in [2.75, 3.05) is 0 Å². The number of fused-ring (bicyclic) bond motifs is 3. The van der Waals surface area contributed by atoms with Crippen LogP contribution in [-0.2, 0) is 21.3 Å². The third kappa shape index (κ3) is 1.87. The van der Waals surface area contributed by atoms with Crippen LogP contribution in [0.1, 0.15) is 11.1 Å². The van der Waals surface area contributed by atoms with Crippen molar-refractivity contribution in [1.29, 1.82) is 0 Å². The lowest BCUT2D eigenvalue weighted by molar-refractivity contribution is 0.483. The van der Waals surface area contributed by atoms with Crippen LogP contribution >= 0.6 is 0 Å². The Morgan fingerprint density at radius 3 is 2.55 bits per heavy atom. The fourth-order valence-electron chi connectivity index (χ4n) is 2.55. The van der Waals surface area contributed by atoms with E-state index in [4.69, 9.17) is 0 Å². The van der Waals surface area contributed by atoms with Crippen LogP contribution in [0.4, 0.5) is 5.69 Å². The highest BCUT2D eigenvalue weighted by Crippen LogP contribution is 2.43. The van der Waals surface area contributed by atoms with Gasteiger partial charge in [0.25, 0.3) is 10.1 Å². The molecule has 1 aliphatic rings. The Morgan fingerprint density at radius 2 is 1.85 bits per heavy atom. The topological polar surface area (TPSA) is 83.8 Å². The molecule has 0 heterocycles. The van der Waals surface area contributed by atoms with Crippen molar-refractivity contribution in [3.8, 4) is 11.1 Å². The van der Waals surface area contributed by atoms with Crippen molar-refractivity contribution in [2.24, 2.45) is 4.99 Å². The molecule has 1 N–H and O–H groups in total. The molecule has 5 nitrogen and oxygen atoms in total. The van der Waals surface area contributed by atoms with Gasteiger partial charge in [0.05, 0.1) is 0 Å². The number of rotatable bonds is 2. The Morgan fingerprint density at radius 1 is 1.10 bits per heavy atom. The zero-order valence-electron chi connectivity index (χ0n) is 10.2. The Labute approximate surface area is 115 Å². The van der Waals surface area contributed by atoms with Gasteiger partial charge in [-0.05, 0) is 28.3 Å². The molecular weight excluding hydrogens is 278 g/mol. The maximum atomic E-state index is 11.4. The van der Waals surface area contributed by atoms with Crippen molar-refractivity contribution < 1.29 is 17.8 Å². The third-order valence-electron chi connectivity index (χ3n) is 3.36. The Hall–Kier alpha value is -2.27. The molecular formula is C14H9NO4S. The Bertz CT molecular complexity index is 865. The molecule has 0 saturated heterocycles. The van der Waals surface area contributed by atoms with E-state index in [0.717, 1.165) is 16.7 Å². The van der Waals surface area contributed by atoms with Gasteiger partial charge in [0.1, 0.15) is 10.6 Å². The average molecular weight is 287 g/mol. The molecule has 1 aliphatic carbocycles. The van der Waals surface area contributed by atoms with E-state index >= 15 is 0 Å². The van der Waals surface area contributed by atoms with E-state index in [-0.39, 0.29) is 10.6 Å². The van der Waals surface area contributed by atoms with Crippen LogP contribution in [0.3, 0.4) is 0 Å². The van der Waals surface area contributed by atoms with Gasteiger partial charge in [0.15, 0.2) is 0 Å². The van der Waals surface area contributed by atoms with Crippen LogP contribution in [0.15, 0.2) is 46.3 Å². The summed E-state index contributed by atoms with van der Waals surface area (Å²) in [6.07, 6.45) is 1.82. The van der Waals surface area contributed by atoms with Gasteiger partial charge in [-0.3, -0.25) is 4.55 Å². The number of benzene rings is 2. The minimum absolute atomic E-state index is 0.0313. The van der Waals surface area contributed by atoms with Gasteiger partial charge in [0, 0.05) is 6.42 Å². The monoisotopic (exact) mass is 287 g/mol. The molecule has 0 aromatic heterocycles. The first-order valence-electron chi connectivity index (χ1n) is 5.82. The van der Waals surface area contributed by atoms with Gasteiger partial charge in [-0.15, -0.1) is 0 Å². The van der Waals surface area contributed by atoms with E-state index in [1.165, 1.54) is 12.1 Å². The number of aliphatic imine (C=N–C) groups is 1. The van der Waals surface area contributed by atoms with E-state index in [1.54, 1.807) is 6.07 Å². The zero-order valence-corrected chi connectivity index (χ0v) is 11.0. The molecule has 0 atom stereocenters. The molecule has 0 fully saturated rings. The number of isocyanates is 1. The molecule has 100 valence electrons. The predicted molar refractivity (Wildman–Crippen MR) is 72.3 cm³/mol. The van der Waals surface area contributed by atoms with Crippen molar-refractivity contribution in [2.45, 2.75) is 11.3 Å². The quantitative estimate of drug-likeness (QED) is 0.446. The normalized spacial score (nSPS) is 12.4. The molecule has 2 aromatic rings. The first-order valence-corrected chi connectivity index (χ1v) is 7.26. The minimum atomic E-state index is -4.44. The van der Waals surface area contributed by atoms with Gasteiger partial charge >= 0.3 is 0 Å². The minimum Gasteiger partial charge on any atom is -0.282 e. The first-order chi connectivity index (χ1) is 9.52. The lowest BCUT2D eigenvalue weighted by atomic mass is 10.1. The second-order valence-electron chi connectivity index (χ2n) is 4.45. The lowest BCUT2D eigenvalue weighted by Crippen LogP contribution is -2.00. The molecule has 0 unspecified atom stereocenters.